The zero-order valence-corrected chi connectivity index (χ0v) is 11.1. The number of carboxylic acids is 1. The summed E-state index contributed by atoms with van der Waals surface area (Å²) in [6.07, 6.45) is 1.57. The number of halogens is 1. The van der Waals surface area contributed by atoms with Crippen molar-refractivity contribution in [3.8, 4) is 11.6 Å². The van der Waals surface area contributed by atoms with Crippen LogP contribution in [0.1, 0.15) is 15.9 Å². The Kier molecular flexibility index (Phi) is 3.62. The molecule has 0 bridgehead atoms. The number of nitrogens with zero attached hydrogens (tertiary/aromatic N) is 1. The van der Waals surface area contributed by atoms with Gasteiger partial charge in [0.15, 0.2) is 0 Å². The molecule has 2 rings (SSSR count). The van der Waals surface area contributed by atoms with Gasteiger partial charge in [-0.1, -0.05) is 15.9 Å². The molecule has 5 heteroatoms. The predicted octanol–water partition coefficient (Wildman–Crippen LogP) is 3.64. The Morgan fingerprint density at radius 2 is 2.00 bits per heavy atom. The Morgan fingerprint density at radius 1 is 1.33 bits per heavy atom. The largest absolute Gasteiger partial charge is 0.477 e. The lowest BCUT2D eigenvalue weighted by atomic mass is 10.2. The highest BCUT2D eigenvalue weighted by Crippen LogP contribution is 2.25. The van der Waals surface area contributed by atoms with Gasteiger partial charge in [0.2, 0.25) is 5.88 Å². The van der Waals surface area contributed by atoms with Crippen LogP contribution in [0.4, 0.5) is 0 Å². The number of carbonyl (C=O) groups is 1. The van der Waals surface area contributed by atoms with E-state index in [1.54, 1.807) is 25.3 Å². The van der Waals surface area contributed by atoms with Gasteiger partial charge < -0.3 is 9.84 Å². The molecule has 0 spiro atoms. The first-order valence-corrected chi connectivity index (χ1v) is 5.99. The van der Waals surface area contributed by atoms with Crippen LogP contribution in [0.5, 0.6) is 11.6 Å². The maximum absolute atomic E-state index is 11.1. The fourth-order valence-electron chi connectivity index (χ4n) is 1.41. The molecular formula is C13H10BrNO3. The molecule has 18 heavy (non-hydrogen) atoms. The summed E-state index contributed by atoms with van der Waals surface area (Å²) in [5, 5.41) is 9.08. The highest BCUT2D eigenvalue weighted by atomic mass is 79.9. The fraction of sp³-hybridized carbons (Fsp3) is 0.0769. The lowest BCUT2D eigenvalue weighted by molar-refractivity contribution is 0.0693. The van der Waals surface area contributed by atoms with Gasteiger partial charge in [-0.25, -0.2) is 9.78 Å². The molecule has 1 heterocycles. The number of rotatable bonds is 3. The number of ether oxygens (including phenoxy) is 1. The second kappa shape index (κ2) is 5.18. The summed E-state index contributed by atoms with van der Waals surface area (Å²) in [6, 6.07) is 8.62. The molecule has 0 aliphatic heterocycles. The molecule has 1 aromatic heterocycles. The van der Waals surface area contributed by atoms with Crippen molar-refractivity contribution in [2.75, 3.05) is 0 Å². The topological polar surface area (TPSA) is 59.4 Å². The zero-order chi connectivity index (χ0) is 13.1. The van der Waals surface area contributed by atoms with E-state index in [2.05, 4.69) is 20.9 Å². The lowest BCUT2D eigenvalue weighted by Crippen LogP contribution is -2.02. The molecule has 1 N–H and O–H groups in total. The number of hydrogen-bond donors (Lipinski definition) is 1. The summed E-state index contributed by atoms with van der Waals surface area (Å²) >= 11 is 3.31. The van der Waals surface area contributed by atoms with E-state index < -0.39 is 5.97 Å². The molecule has 4 nitrogen and oxygen atoms in total. The van der Waals surface area contributed by atoms with Gasteiger partial charge in [0.1, 0.15) is 11.3 Å². The summed E-state index contributed by atoms with van der Waals surface area (Å²) < 4.78 is 6.39. The van der Waals surface area contributed by atoms with Crippen LogP contribution in [0.25, 0.3) is 0 Å². The Labute approximate surface area is 112 Å². The fourth-order valence-corrected chi connectivity index (χ4v) is 1.67. The van der Waals surface area contributed by atoms with Gasteiger partial charge >= 0.3 is 5.97 Å². The van der Waals surface area contributed by atoms with E-state index in [0.29, 0.717) is 5.75 Å². The Balaban J connectivity index is 2.34. The third kappa shape index (κ3) is 2.87. The van der Waals surface area contributed by atoms with E-state index in [1.807, 2.05) is 12.1 Å². The van der Waals surface area contributed by atoms with Gasteiger partial charge in [0.25, 0.3) is 0 Å². The van der Waals surface area contributed by atoms with E-state index in [1.165, 1.54) is 6.07 Å². The normalized spacial score (nSPS) is 10.1. The number of hydrogen-bond acceptors (Lipinski definition) is 3. The minimum absolute atomic E-state index is 0.0536. The maximum Gasteiger partial charge on any atom is 0.341 e. The molecule has 0 amide bonds. The highest BCUT2D eigenvalue weighted by molar-refractivity contribution is 9.10. The predicted molar refractivity (Wildman–Crippen MR) is 70.1 cm³/mol. The molecule has 0 saturated heterocycles. The second-order valence-electron chi connectivity index (χ2n) is 3.73. The SMILES string of the molecule is Cc1cnc(Oc2ccc(Br)cc2)c(C(=O)O)c1. The molecule has 0 saturated carbocycles. The van der Waals surface area contributed by atoms with Gasteiger partial charge in [-0.3, -0.25) is 0 Å². The molecular weight excluding hydrogens is 298 g/mol. The van der Waals surface area contributed by atoms with Crippen LogP contribution in [-0.4, -0.2) is 16.1 Å². The standard InChI is InChI=1S/C13H10BrNO3/c1-8-6-11(13(16)17)12(15-7-8)18-10-4-2-9(14)3-5-10/h2-7H,1H3,(H,16,17). The lowest BCUT2D eigenvalue weighted by Gasteiger charge is -2.08. The average Bonchev–Trinajstić information content (AvgIpc) is 2.34. The minimum atomic E-state index is -1.06. The average molecular weight is 308 g/mol. The summed E-state index contributed by atoms with van der Waals surface area (Å²) in [7, 11) is 0. The summed E-state index contributed by atoms with van der Waals surface area (Å²) in [5.41, 5.74) is 0.827. The minimum Gasteiger partial charge on any atom is -0.477 e. The Bertz CT molecular complexity index is 581. The number of pyridine rings is 1. The van der Waals surface area contributed by atoms with Crippen LogP contribution in [0, 0.1) is 6.92 Å². The van der Waals surface area contributed by atoms with E-state index in [9.17, 15) is 4.79 Å². The molecule has 1 aromatic carbocycles. The molecule has 0 aliphatic carbocycles. The third-order valence-electron chi connectivity index (χ3n) is 2.25. The zero-order valence-electron chi connectivity index (χ0n) is 9.55. The third-order valence-corrected chi connectivity index (χ3v) is 2.78. The van der Waals surface area contributed by atoms with Crippen LogP contribution >= 0.6 is 15.9 Å². The first-order chi connectivity index (χ1) is 8.56. The van der Waals surface area contributed by atoms with E-state index in [-0.39, 0.29) is 11.4 Å². The maximum atomic E-state index is 11.1. The van der Waals surface area contributed by atoms with Crippen molar-refractivity contribution in [2.24, 2.45) is 0 Å². The van der Waals surface area contributed by atoms with Crippen molar-refractivity contribution in [3.05, 3.63) is 52.1 Å². The van der Waals surface area contributed by atoms with Crippen molar-refractivity contribution < 1.29 is 14.6 Å². The quantitative estimate of drug-likeness (QED) is 0.940. The second-order valence-corrected chi connectivity index (χ2v) is 4.64. The van der Waals surface area contributed by atoms with Crippen LogP contribution < -0.4 is 4.74 Å². The summed E-state index contributed by atoms with van der Waals surface area (Å²) in [5.74, 6) is -0.425. The molecule has 0 radical (unpaired) electrons. The van der Waals surface area contributed by atoms with Gasteiger partial charge in [-0.05, 0) is 42.8 Å². The molecule has 2 aromatic rings. The van der Waals surface area contributed by atoms with Crippen LogP contribution in [0.3, 0.4) is 0 Å². The van der Waals surface area contributed by atoms with Crippen LogP contribution in [0.15, 0.2) is 41.0 Å². The Morgan fingerprint density at radius 3 is 2.61 bits per heavy atom. The van der Waals surface area contributed by atoms with Crippen LogP contribution in [0.2, 0.25) is 0 Å². The van der Waals surface area contributed by atoms with Crippen molar-refractivity contribution in [1.29, 1.82) is 0 Å². The smallest absolute Gasteiger partial charge is 0.341 e. The first kappa shape index (κ1) is 12.6. The van der Waals surface area contributed by atoms with Crippen molar-refractivity contribution in [3.63, 3.8) is 0 Å². The van der Waals surface area contributed by atoms with Crippen molar-refractivity contribution in [1.82, 2.24) is 4.98 Å². The summed E-state index contributed by atoms with van der Waals surface area (Å²) in [6.45, 7) is 1.78. The number of carboxylic acid groups (broad SMARTS) is 1. The highest BCUT2D eigenvalue weighted by Gasteiger charge is 2.13. The van der Waals surface area contributed by atoms with E-state index in [4.69, 9.17) is 9.84 Å². The number of aromatic carboxylic acids is 1. The number of aromatic nitrogens is 1. The monoisotopic (exact) mass is 307 g/mol. The molecule has 0 unspecified atom stereocenters. The van der Waals surface area contributed by atoms with Gasteiger partial charge in [-0.2, -0.15) is 0 Å². The van der Waals surface area contributed by atoms with Crippen molar-refractivity contribution >= 4 is 21.9 Å². The van der Waals surface area contributed by atoms with E-state index in [0.717, 1.165) is 10.0 Å². The number of benzene rings is 1. The molecule has 92 valence electrons. The molecule has 0 fully saturated rings. The van der Waals surface area contributed by atoms with Gasteiger partial charge in [0.05, 0.1) is 0 Å². The Hall–Kier alpha value is -1.88. The summed E-state index contributed by atoms with van der Waals surface area (Å²) in [4.78, 5) is 15.1. The van der Waals surface area contributed by atoms with Gasteiger partial charge in [0, 0.05) is 10.7 Å². The molecule has 0 atom stereocenters. The van der Waals surface area contributed by atoms with Gasteiger partial charge in [-0.15, -0.1) is 0 Å². The van der Waals surface area contributed by atoms with E-state index >= 15 is 0 Å². The first-order valence-electron chi connectivity index (χ1n) is 5.19. The van der Waals surface area contributed by atoms with Crippen LogP contribution in [-0.2, 0) is 0 Å². The van der Waals surface area contributed by atoms with Crippen molar-refractivity contribution in [2.45, 2.75) is 6.92 Å². The molecule has 0 aliphatic rings. The number of aryl methyl sites for hydroxylation is 1.